The molecular formula is C12H24N2O. The molecule has 0 spiro atoms. The molecule has 0 aliphatic carbocycles. The van der Waals surface area contributed by atoms with Crippen LogP contribution in [0.4, 0.5) is 0 Å². The van der Waals surface area contributed by atoms with Gasteiger partial charge in [0, 0.05) is 25.7 Å². The van der Waals surface area contributed by atoms with Crippen LogP contribution in [-0.2, 0) is 4.74 Å². The van der Waals surface area contributed by atoms with Crippen LogP contribution in [0.15, 0.2) is 0 Å². The van der Waals surface area contributed by atoms with Crippen molar-refractivity contribution >= 4 is 0 Å². The lowest BCUT2D eigenvalue weighted by Crippen LogP contribution is -2.47. The van der Waals surface area contributed by atoms with Gasteiger partial charge in [-0.2, -0.15) is 0 Å². The summed E-state index contributed by atoms with van der Waals surface area (Å²) in [6.07, 6.45) is 3.69. The van der Waals surface area contributed by atoms with E-state index in [4.69, 9.17) is 4.74 Å². The van der Waals surface area contributed by atoms with E-state index in [9.17, 15) is 0 Å². The Labute approximate surface area is 93.2 Å². The van der Waals surface area contributed by atoms with Crippen LogP contribution in [0.3, 0.4) is 0 Å². The zero-order valence-electron chi connectivity index (χ0n) is 10.1. The minimum atomic E-state index is 0.0860. The normalized spacial score (nSPS) is 33.6. The van der Waals surface area contributed by atoms with Crippen molar-refractivity contribution in [3.05, 3.63) is 0 Å². The molecule has 1 unspecified atom stereocenters. The van der Waals surface area contributed by atoms with Gasteiger partial charge in [-0.3, -0.25) is 4.90 Å². The maximum atomic E-state index is 5.78. The number of hydrogen-bond acceptors (Lipinski definition) is 3. The van der Waals surface area contributed by atoms with E-state index < -0.39 is 0 Å². The molecule has 88 valence electrons. The number of nitrogens with one attached hydrogen (secondary N) is 1. The molecule has 3 heteroatoms. The van der Waals surface area contributed by atoms with Crippen LogP contribution in [0.25, 0.3) is 0 Å². The van der Waals surface area contributed by atoms with Gasteiger partial charge in [-0.15, -0.1) is 0 Å². The smallest absolute Gasteiger partial charge is 0.0641 e. The van der Waals surface area contributed by atoms with E-state index in [-0.39, 0.29) is 5.60 Å². The lowest BCUT2D eigenvalue weighted by molar-refractivity contribution is -0.0824. The van der Waals surface area contributed by atoms with Gasteiger partial charge in [-0.1, -0.05) is 0 Å². The maximum absolute atomic E-state index is 5.78. The lowest BCUT2D eigenvalue weighted by Gasteiger charge is -2.40. The molecule has 0 radical (unpaired) electrons. The molecule has 0 bridgehead atoms. The van der Waals surface area contributed by atoms with Crippen LogP contribution in [0.1, 0.15) is 33.1 Å². The third-order valence-corrected chi connectivity index (χ3v) is 3.56. The van der Waals surface area contributed by atoms with Crippen molar-refractivity contribution in [2.45, 2.75) is 44.8 Å². The zero-order valence-corrected chi connectivity index (χ0v) is 10.1. The second-order valence-electron chi connectivity index (χ2n) is 5.39. The molecule has 0 aromatic carbocycles. The molecule has 15 heavy (non-hydrogen) atoms. The van der Waals surface area contributed by atoms with Crippen molar-refractivity contribution in [3.8, 4) is 0 Å². The predicted octanol–water partition coefficient (Wildman–Crippen LogP) is 1.24. The molecule has 0 aromatic rings. The summed E-state index contributed by atoms with van der Waals surface area (Å²) in [5.41, 5.74) is 0.0860. The molecule has 2 aliphatic heterocycles. The van der Waals surface area contributed by atoms with Gasteiger partial charge in [-0.05, 0) is 46.2 Å². The molecule has 2 saturated heterocycles. The molecule has 2 fully saturated rings. The minimum absolute atomic E-state index is 0.0860. The van der Waals surface area contributed by atoms with Crippen molar-refractivity contribution in [1.29, 1.82) is 0 Å². The van der Waals surface area contributed by atoms with Crippen LogP contribution in [0.2, 0.25) is 0 Å². The van der Waals surface area contributed by atoms with E-state index in [2.05, 4.69) is 24.1 Å². The highest BCUT2D eigenvalue weighted by Crippen LogP contribution is 2.27. The summed E-state index contributed by atoms with van der Waals surface area (Å²) in [6, 6.07) is 0.744. The van der Waals surface area contributed by atoms with Crippen molar-refractivity contribution < 1.29 is 4.74 Å². The van der Waals surface area contributed by atoms with E-state index in [1.807, 2.05) is 0 Å². The Morgan fingerprint density at radius 2 is 2.13 bits per heavy atom. The molecule has 2 heterocycles. The molecule has 0 aromatic heterocycles. The van der Waals surface area contributed by atoms with Crippen LogP contribution in [0, 0.1) is 0 Å². The van der Waals surface area contributed by atoms with Gasteiger partial charge in [0.2, 0.25) is 0 Å². The molecule has 1 N–H and O–H groups in total. The predicted molar refractivity (Wildman–Crippen MR) is 62.1 cm³/mol. The second kappa shape index (κ2) is 4.81. The Bertz CT molecular complexity index is 198. The summed E-state index contributed by atoms with van der Waals surface area (Å²) in [4.78, 5) is 2.66. The monoisotopic (exact) mass is 212 g/mol. The molecular weight excluding hydrogens is 188 g/mol. The van der Waals surface area contributed by atoms with E-state index >= 15 is 0 Å². The Hall–Kier alpha value is -0.120. The highest BCUT2D eigenvalue weighted by atomic mass is 16.5. The minimum Gasteiger partial charge on any atom is -0.375 e. The molecule has 1 atom stereocenters. The molecule has 0 amide bonds. The largest absolute Gasteiger partial charge is 0.375 e. The Morgan fingerprint density at radius 3 is 2.93 bits per heavy atom. The second-order valence-corrected chi connectivity index (χ2v) is 5.39. The van der Waals surface area contributed by atoms with Gasteiger partial charge in [0.15, 0.2) is 0 Å². The highest BCUT2D eigenvalue weighted by molar-refractivity contribution is 4.85. The summed E-state index contributed by atoms with van der Waals surface area (Å²) in [5.74, 6) is 0. The summed E-state index contributed by atoms with van der Waals surface area (Å²) in [7, 11) is 0. The van der Waals surface area contributed by atoms with Crippen molar-refractivity contribution in [2.75, 3.05) is 32.8 Å². The summed E-state index contributed by atoms with van der Waals surface area (Å²) >= 11 is 0. The van der Waals surface area contributed by atoms with E-state index in [1.54, 1.807) is 0 Å². The van der Waals surface area contributed by atoms with Crippen LogP contribution in [0.5, 0.6) is 0 Å². The van der Waals surface area contributed by atoms with Crippen molar-refractivity contribution in [2.24, 2.45) is 0 Å². The fourth-order valence-electron chi connectivity index (χ4n) is 2.74. The van der Waals surface area contributed by atoms with Gasteiger partial charge >= 0.3 is 0 Å². The Balaban J connectivity index is 1.90. The van der Waals surface area contributed by atoms with E-state index in [0.29, 0.717) is 0 Å². The summed E-state index contributed by atoms with van der Waals surface area (Å²) < 4.78 is 5.78. The molecule has 0 saturated carbocycles. The number of hydrogen-bond donors (Lipinski definition) is 1. The summed E-state index contributed by atoms with van der Waals surface area (Å²) in [6.45, 7) is 10.2. The molecule has 2 rings (SSSR count). The van der Waals surface area contributed by atoms with Gasteiger partial charge < -0.3 is 10.1 Å². The Kier molecular flexibility index (Phi) is 3.65. The van der Waals surface area contributed by atoms with Gasteiger partial charge in [0.1, 0.15) is 0 Å². The highest BCUT2D eigenvalue weighted by Gasteiger charge is 2.32. The van der Waals surface area contributed by atoms with E-state index in [0.717, 1.165) is 19.2 Å². The average Bonchev–Trinajstić information content (AvgIpc) is 2.44. The van der Waals surface area contributed by atoms with Gasteiger partial charge in [-0.25, -0.2) is 0 Å². The van der Waals surface area contributed by atoms with Crippen molar-refractivity contribution in [1.82, 2.24) is 10.2 Å². The first-order valence-electron chi connectivity index (χ1n) is 6.26. The number of rotatable bonds is 1. The SMILES string of the molecule is CC1(C)CC(N2CCCNCC2)CCO1. The molecule has 3 nitrogen and oxygen atoms in total. The third-order valence-electron chi connectivity index (χ3n) is 3.56. The third kappa shape index (κ3) is 3.16. The van der Waals surface area contributed by atoms with Crippen LogP contribution < -0.4 is 5.32 Å². The fraction of sp³-hybridized carbons (Fsp3) is 1.00. The topological polar surface area (TPSA) is 24.5 Å². The first kappa shape index (κ1) is 11.4. The van der Waals surface area contributed by atoms with Crippen LogP contribution >= 0.6 is 0 Å². The lowest BCUT2D eigenvalue weighted by atomic mass is 9.92. The number of nitrogens with zero attached hydrogens (tertiary/aromatic N) is 1. The van der Waals surface area contributed by atoms with Gasteiger partial charge in [0.05, 0.1) is 5.60 Å². The quantitative estimate of drug-likeness (QED) is 0.708. The first-order chi connectivity index (χ1) is 7.17. The van der Waals surface area contributed by atoms with Crippen LogP contribution in [-0.4, -0.2) is 49.3 Å². The van der Waals surface area contributed by atoms with E-state index in [1.165, 1.54) is 38.9 Å². The first-order valence-corrected chi connectivity index (χ1v) is 6.26. The van der Waals surface area contributed by atoms with Gasteiger partial charge in [0.25, 0.3) is 0 Å². The zero-order chi connectivity index (χ0) is 10.7. The Morgan fingerprint density at radius 1 is 1.27 bits per heavy atom. The summed E-state index contributed by atoms with van der Waals surface area (Å²) in [5, 5.41) is 3.46. The standard InChI is InChI=1S/C12H24N2O/c1-12(2)10-11(4-9-15-12)14-7-3-5-13-6-8-14/h11,13H,3-10H2,1-2H3. The maximum Gasteiger partial charge on any atom is 0.0641 e. The fourth-order valence-corrected chi connectivity index (χ4v) is 2.74. The average molecular weight is 212 g/mol. The van der Waals surface area contributed by atoms with Crippen molar-refractivity contribution in [3.63, 3.8) is 0 Å². The molecule has 2 aliphatic rings. The number of ether oxygens (including phenoxy) is 1.